The second-order valence-electron chi connectivity index (χ2n) is 8.64. The normalized spacial score (nSPS) is 17.3. The van der Waals surface area contributed by atoms with E-state index in [2.05, 4.69) is 5.32 Å². The maximum absolute atomic E-state index is 13.9. The summed E-state index contributed by atoms with van der Waals surface area (Å²) in [5, 5.41) is 13.7. The number of hydrogen-bond acceptors (Lipinski definition) is 6. The van der Waals surface area contributed by atoms with Gasteiger partial charge in [-0.15, -0.1) is 0 Å². The molecule has 2 aromatic rings. The fourth-order valence-electron chi connectivity index (χ4n) is 4.74. The first-order valence-corrected chi connectivity index (χ1v) is 11.4. The monoisotopic (exact) mass is 477 g/mol. The van der Waals surface area contributed by atoms with Crippen LogP contribution < -0.4 is 10.7 Å². The van der Waals surface area contributed by atoms with E-state index in [1.165, 1.54) is 6.07 Å². The number of benzene rings is 1. The van der Waals surface area contributed by atoms with E-state index in [9.17, 15) is 23.5 Å². The zero-order valence-corrected chi connectivity index (χ0v) is 19.1. The second-order valence-corrected chi connectivity index (χ2v) is 8.64. The average Bonchev–Trinajstić information content (AvgIpc) is 2.81. The summed E-state index contributed by atoms with van der Waals surface area (Å²) in [7, 11) is 0. The van der Waals surface area contributed by atoms with E-state index in [-0.39, 0.29) is 29.9 Å². The van der Waals surface area contributed by atoms with Gasteiger partial charge in [0.15, 0.2) is 11.4 Å². The van der Waals surface area contributed by atoms with Crippen LogP contribution in [0.1, 0.15) is 41.4 Å². The molecule has 1 fully saturated rings. The van der Waals surface area contributed by atoms with Gasteiger partial charge in [-0.25, -0.2) is 8.78 Å². The Kier molecular flexibility index (Phi) is 7.30. The van der Waals surface area contributed by atoms with E-state index < -0.39 is 34.3 Å². The molecule has 34 heavy (non-hydrogen) atoms. The van der Waals surface area contributed by atoms with Gasteiger partial charge in [0.2, 0.25) is 5.43 Å². The number of hydrogen-bond donors (Lipinski definition) is 2. The highest BCUT2D eigenvalue weighted by molar-refractivity contribution is 5.96. The smallest absolute Gasteiger partial charge is 0.275 e. The maximum Gasteiger partial charge on any atom is 0.275 e. The summed E-state index contributed by atoms with van der Waals surface area (Å²) < 4.78 is 39.6. The number of halogens is 2. The summed E-state index contributed by atoms with van der Waals surface area (Å²) in [4.78, 5) is 28.0. The molecule has 2 N–H and O–H groups in total. The molecular weight excluding hydrogens is 448 g/mol. The van der Waals surface area contributed by atoms with Crippen molar-refractivity contribution in [1.29, 1.82) is 0 Å². The van der Waals surface area contributed by atoms with Crippen molar-refractivity contribution in [1.82, 2.24) is 14.8 Å². The van der Waals surface area contributed by atoms with Crippen molar-refractivity contribution < 1.29 is 28.2 Å². The number of nitrogens with one attached hydrogen (secondary N) is 1. The molecule has 2 aliphatic rings. The van der Waals surface area contributed by atoms with E-state index >= 15 is 0 Å². The summed E-state index contributed by atoms with van der Waals surface area (Å²) in [6.07, 6.45) is 2.85. The first-order chi connectivity index (χ1) is 16.4. The highest BCUT2D eigenvalue weighted by Gasteiger charge is 2.47. The fraction of sp³-hybridized carbons (Fsp3) is 0.500. The summed E-state index contributed by atoms with van der Waals surface area (Å²) in [5.41, 5.74) is -0.680. The van der Waals surface area contributed by atoms with Gasteiger partial charge in [-0.1, -0.05) is 6.07 Å². The van der Waals surface area contributed by atoms with Gasteiger partial charge in [0.25, 0.3) is 5.91 Å². The van der Waals surface area contributed by atoms with Crippen LogP contribution in [0.2, 0.25) is 0 Å². The molecule has 0 aliphatic carbocycles. The molecule has 184 valence electrons. The quantitative estimate of drug-likeness (QED) is 0.566. The number of nitrogens with zero attached hydrogens (tertiary/aromatic N) is 2. The molecule has 1 aromatic carbocycles. The number of carbonyl (C=O) groups excluding carboxylic acids is 1. The van der Waals surface area contributed by atoms with E-state index in [0.717, 1.165) is 12.1 Å². The predicted octanol–water partition coefficient (Wildman–Crippen LogP) is 2.16. The molecule has 1 amide bonds. The van der Waals surface area contributed by atoms with Crippen LogP contribution in [0.15, 0.2) is 29.2 Å². The number of aromatic hydroxyl groups is 1. The van der Waals surface area contributed by atoms with Crippen molar-refractivity contribution in [3.63, 3.8) is 0 Å². The predicted molar refractivity (Wildman–Crippen MR) is 120 cm³/mol. The van der Waals surface area contributed by atoms with Gasteiger partial charge in [-0.2, -0.15) is 0 Å². The minimum absolute atomic E-state index is 0.0352. The number of pyridine rings is 1. The lowest BCUT2D eigenvalue weighted by Crippen LogP contribution is -2.61. The van der Waals surface area contributed by atoms with Crippen LogP contribution in [0.5, 0.6) is 5.75 Å². The molecule has 8 nitrogen and oxygen atoms in total. The third kappa shape index (κ3) is 4.70. The summed E-state index contributed by atoms with van der Waals surface area (Å²) in [6.45, 7) is 4.67. The molecule has 1 spiro atoms. The number of rotatable bonds is 8. The van der Waals surface area contributed by atoms with E-state index in [1.807, 2.05) is 6.92 Å². The number of fused-ring (bicyclic) bond motifs is 1. The lowest BCUT2D eigenvalue weighted by molar-refractivity contribution is -0.0432. The summed E-state index contributed by atoms with van der Waals surface area (Å²) in [6, 6.07) is 3.29. The van der Waals surface area contributed by atoms with Crippen molar-refractivity contribution in [3.8, 4) is 5.75 Å². The van der Waals surface area contributed by atoms with Crippen LogP contribution >= 0.6 is 0 Å². The van der Waals surface area contributed by atoms with Gasteiger partial charge < -0.3 is 29.4 Å². The molecular formula is C24H29F2N3O5. The zero-order chi connectivity index (χ0) is 24.3. The Morgan fingerprint density at radius 3 is 2.62 bits per heavy atom. The van der Waals surface area contributed by atoms with Gasteiger partial charge >= 0.3 is 0 Å². The highest BCUT2D eigenvalue weighted by atomic mass is 19.1. The van der Waals surface area contributed by atoms with Crippen LogP contribution in [0, 0.1) is 11.6 Å². The molecule has 1 aromatic heterocycles. The van der Waals surface area contributed by atoms with Crippen LogP contribution in [-0.2, 0) is 29.1 Å². The van der Waals surface area contributed by atoms with E-state index in [1.54, 1.807) is 15.7 Å². The van der Waals surface area contributed by atoms with Crippen molar-refractivity contribution >= 4 is 5.91 Å². The number of carbonyl (C=O) groups is 1. The molecule has 4 rings (SSSR count). The van der Waals surface area contributed by atoms with Crippen LogP contribution in [-0.4, -0.2) is 59.0 Å². The van der Waals surface area contributed by atoms with Crippen molar-refractivity contribution in [3.05, 3.63) is 63.1 Å². The summed E-state index contributed by atoms with van der Waals surface area (Å²) >= 11 is 0. The molecule has 10 heteroatoms. The third-order valence-corrected chi connectivity index (χ3v) is 6.55. The Hall–Kier alpha value is -2.82. The van der Waals surface area contributed by atoms with Gasteiger partial charge in [-0.3, -0.25) is 9.59 Å². The number of amides is 1. The van der Waals surface area contributed by atoms with Gasteiger partial charge in [0.05, 0.1) is 12.1 Å². The molecule has 2 aliphatic heterocycles. The molecule has 3 heterocycles. The zero-order valence-electron chi connectivity index (χ0n) is 19.1. The number of aromatic nitrogens is 1. The Labute approximate surface area is 196 Å². The first-order valence-electron chi connectivity index (χ1n) is 11.4. The van der Waals surface area contributed by atoms with Crippen molar-refractivity contribution in [2.45, 2.75) is 44.9 Å². The fourth-order valence-corrected chi connectivity index (χ4v) is 4.74. The van der Waals surface area contributed by atoms with Crippen LogP contribution in [0.25, 0.3) is 0 Å². The largest absolute Gasteiger partial charge is 0.503 e. The Bertz CT molecular complexity index is 1110. The molecule has 0 radical (unpaired) electrons. The van der Waals surface area contributed by atoms with E-state index in [0.29, 0.717) is 52.4 Å². The Morgan fingerprint density at radius 1 is 1.18 bits per heavy atom. The minimum atomic E-state index is -0.684. The topological polar surface area (TPSA) is 93.0 Å². The lowest BCUT2D eigenvalue weighted by Gasteiger charge is -2.50. The molecule has 1 saturated heterocycles. The first kappa shape index (κ1) is 24.3. The molecule has 0 bridgehead atoms. The van der Waals surface area contributed by atoms with Crippen molar-refractivity contribution in [2.24, 2.45) is 0 Å². The van der Waals surface area contributed by atoms with Crippen molar-refractivity contribution in [2.75, 3.05) is 33.0 Å². The van der Waals surface area contributed by atoms with Gasteiger partial charge in [0.1, 0.15) is 11.6 Å². The second kappa shape index (κ2) is 10.2. The Balaban J connectivity index is 1.59. The minimum Gasteiger partial charge on any atom is -0.503 e. The molecule has 0 atom stereocenters. The third-order valence-electron chi connectivity index (χ3n) is 6.55. The van der Waals surface area contributed by atoms with Crippen LogP contribution in [0.3, 0.4) is 0 Å². The Morgan fingerprint density at radius 2 is 1.91 bits per heavy atom. The van der Waals surface area contributed by atoms with Gasteiger partial charge in [0, 0.05) is 69.4 Å². The average molecular weight is 478 g/mol. The standard InChI is InChI=1S/C24H29F2N3O5/c1-2-33-10-7-29-23(32)20-22(31)21(30)17(13-27-12-16-3-4-18(25)11-19(16)26)14-28(20)15-24(29)5-8-34-9-6-24/h3-4,11,14,27,31H,2,5-10,12-13,15H2,1H3. The highest BCUT2D eigenvalue weighted by Crippen LogP contribution is 2.36. The molecule has 0 unspecified atom stereocenters. The van der Waals surface area contributed by atoms with Gasteiger partial charge in [-0.05, 0) is 25.8 Å². The maximum atomic E-state index is 13.9. The number of ether oxygens (including phenoxy) is 2. The van der Waals surface area contributed by atoms with Crippen LogP contribution in [0.4, 0.5) is 8.78 Å². The van der Waals surface area contributed by atoms with E-state index in [4.69, 9.17) is 9.47 Å². The molecule has 0 saturated carbocycles. The lowest BCUT2D eigenvalue weighted by atomic mass is 9.85. The summed E-state index contributed by atoms with van der Waals surface area (Å²) in [5.74, 6) is -2.35. The SMILES string of the molecule is CCOCCN1C(=O)c2c(O)c(=O)c(CNCc3ccc(F)cc3F)cn2CC12CCOCC2.